The maximum absolute atomic E-state index is 11.8. The van der Waals surface area contributed by atoms with Gasteiger partial charge in [-0.15, -0.1) is 6.58 Å². The van der Waals surface area contributed by atoms with E-state index in [9.17, 15) is 8.42 Å². The van der Waals surface area contributed by atoms with Gasteiger partial charge in [-0.25, -0.2) is 22.8 Å². The molecule has 0 saturated carbocycles. The van der Waals surface area contributed by atoms with E-state index in [1.807, 2.05) is 0 Å². The molecule has 18 heavy (non-hydrogen) atoms. The molecule has 0 atom stereocenters. The molecule has 2 aromatic heterocycles. The van der Waals surface area contributed by atoms with Crippen molar-refractivity contribution in [2.75, 3.05) is 6.54 Å². The van der Waals surface area contributed by atoms with Crippen molar-refractivity contribution in [1.29, 1.82) is 0 Å². The zero-order chi connectivity index (χ0) is 13.0. The molecule has 2 rings (SSSR count). The Kier molecular flexibility index (Phi) is 3.54. The predicted molar refractivity (Wildman–Crippen MR) is 66.7 cm³/mol. The van der Waals surface area contributed by atoms with Crippen LogP contribution >= 0.6 is 0 Å². The third-order valence-corrected chi connectivity index (χ3v) is 3.55. The molecule has 0 aliphatic heterocycles. The van der Waals surface area contributed by atoms with Crippen LogP contribution in [-0.2, 0) is 10.0 Å². The van der Waals surface area contributed by atoms with E-state index in [1.165, 1.54) is 23.2 Å². The smallest absolute Gasteiger partial charge is 0.237 e. The van der Waals surface area contributed by atoms with Crippen molar-refractivity contribution in [1.82, 2.24) is 19.5 Å². The van der Waals surface area contributed by atoms with E-state index in [0.717, 1.165) is 0 Å². The van der Waals surface area contributed by atoms with Crippen molar-refractivity contribution in [3.05, 3.63) is 49.4 Å². The van der Waals surface area contributed by atoms with Crippen molar-refractivity contribution < 1.29 is 8.42 Å². The van der Waals surface area contributed by atoms with E-state index in [0.29, 0.717) is 5.82 Å². The quantitative estimate of drug-likeness (QED) is 0.808. The van der Waals surface area contributed by atoms with E-state index in [1.54, 1.807) is 24.4 Å². The second-order valence-corrected chi connectivity index (χ2v) is 5.22. The first-order valence-electron chi connectivity index (χ1n) is 5.20. The molecule has 2 heterocycles. The maximum Gasteiger partial charge on any atom is 0.243 e. The lowest BCUT2D eigenvalue weighted by molar-refractivity contribution is 0.585. The van der Waals surface area contributed by atoms with E-state index in [4.69, 9.17) is 0 Å². The van der Waals surface area contributed by atoms with Gasteiger partial charge >= 0.3 is 0 Å². The number of nitrogens with one attached hydrogen (secondary N) is 1. The van der Waals surface area contributed by atoms with Crippen LogP contribution in [0.15, 0.2) is 54.3 Å². The number of aromatic nitrogens is 3. The minimum atomic E-state index is -3.54. The van der Waals surface area contributed by atoms with E-state index >= 15 is 0 Å². The summed E-state index contributed by atoms with van der Waals surface area (Å²) in [7, 11) is -3.54. The molecule has 2 aromatic rings. The minimum Gasteiger partial charge on any atom is -0.237 e. The molecule has 0 spiro atoms. The molecule has 0 unspecified atom stereocenters. The van der Waals surface area contributed by atoms with Crippen LogP contribution < -0.4 is 4.72 Å². The van der Waals surface area contributed by atoms with Gasteiger partial charge in [-0.1, -0.05) is 12.1 Å². The average Bonchev–Trinajstić information content (AvgIpc) is 2.88. The minimum absolute atomic E-state index is 0.0926. The molecule has 1 N–H and O–H groups in total. The standard InChI is InChI=1S/C11H12N4O2S/c1-2-6-14-18(16,17)10-8-13-15(9-10)11-5-3-4-7-12-11/h2-5,7-9,14H,1,6H2. The lowest BCUT2D eigenvalue weighted by atomic mass is 10.5. The molecule has 0 radical (unpaired) electrons. The highest BCUT2D eigenvalue weighted by molar-refractivity contribution is 7.89. The number of pyridine rings is 1. The van der Waals surface area contributed by atoms with Gasteiger partial charge in [0, 0.05) is 12.7 Å². The Morgan fingerprint density at radius 1 is 1.44 bits per heavy atom. The Morgan fingerprint density at radius 3 is 2.94 bits per heavy atom. The molecular formula is C11H12N4O2S. The van der Waals surface area contributed by atoms with Crippen LogP contribution in [0.1, 0.15) is 0 Å². The first-order chi connectivity index (χ1) is 8.63. The van der Waals surface area contributed by atoms with E-state index in [-0.39, 0.29) is 11.4 Å². The van der Waals surface area contributed by atoms with Crippen LogP contribution in [0.5, 0.6) is 0 Å². The Hall–Kier alpha value is -1.99. The van der Waals surface area contributed by atoms with E-state index < -0.39 is 10.0 Å². The normalized spacial score (nSPS) is 11.3. The van der Waals surface area contributed by atoms with Crippen LogP contribution in [0, 0.1) is 0 Å². The van der Waals surface area contributed by atoms with Gasteiger partial charge in [0.05, 0.1) is 12.4 Å². The summed E-state index contributed by atoms with van der Waals surface area (Å²) in [5.74, 6) is 0.558. The molecule has 0 amide bonds. The molecule has 0 saturated heterocycles. The fraction of sp³-hybridized carbons (Fsp3) is 0.0909. The summed E-state index contributed by atoms with van der Waals surface area (Å²) in [6.07, 6.45) is 5.77. The SMILES string of the molecule is C=CCNS(=O)(=O)c1cnn(-c2ccccn2)c1. The Morgan fingerprint density at radius 2 is 2.28 bits per heavy atom. The number of nitrogens with zero attached hydrogens (tertiary/aromatic N) is 3. The predicted octanol–water partition coefficient (Wildman–Crippen LogP) is 0.732. The number of hydrogen-bond acceptors (Lipinski definition) is 4. The van der Waals surface area contributed by atoms with Gasteiger partial charge < -0.3 is 0 Å². The zero-order valence-corrected chi connectivity index (χ0v) is 10.3. The first-order valence-corrected chi connectivity index (χ1v) is 6.68. The molecule has 0 aliphatic rings. The van der Waals surface area contributed by atoms with Crippen LogP contribution in [0.2, 0.25) is 0 Å². The van der Waals surface area contributed by atoms with Gasteiger partial charge in [-0.2, -0.15) is 5.10 Å². The fourth-order valence-electron chi connectivity index (χ4n) is 1.31. The second-order valence-electron chi connectivity index (χ2n) is 3.45. The molecule has 94 valence electrons. The zero-order valence-electron chi connectivity index (χ0n) is 9.52. The number of rotatable bonds is 5. The van der Waals surface area contributed by atoms with Crippen LogP contribution in [0.25, 0.3) is 5.82 Å². The summed E-state index contributed by atoms with van der Waals surface area (Å²) in [6, 6.07) is 5.31. The highest BCUT2D eigenvalue weighted by atomic mass is 32.2. The van der Waals surface area contributed by atoms with Crippen LogP contribution in [0.3, 0.4) is 0 Å². The summed E-state index contributed by atoms with van der Waals surface area (Å²) >= 11 is 0. The summed E-state index contributed by atoms with van der Waals surface area (Å²) < 4.78 is 27.4. The van der Waals surface area contributed by atoms with Gasteiger partial charge in [-0.05, 0) is 12.1 Å². The lowest BCUT2D eigenvalue weighted by Crippen LogP contribution is -2.23. The Balaban J connectivity index is 2.29. The summed E-state index contributed by atoms with van der Waals surface area (Å²) in [6.45, 7) is 3.63. The Labute approximate surface area is 105 Å². The maximum atomic E-state index is 11.8. The summed E-state index contributed by atoms with van der Waals surface area (Å²) in [5.41, 5.74) is 0. The third kappa shape index (κ3) is 2.63. The summed E-state index contributed by atoms with van der Waals surface area (Å²) in [5, 5.41) is 3.97. The molecule has 0 aliphatic carbocycles. The highest BCUT2D eigenvalue weighted by Gasteiger charge is 2.15. The summed E-state index contributed by atoms with van der Waals surface area (Å²) in [4.78, 5) is 4.17. The highest BCUT2D eigenvalue weighted by Crippen LogP contribution is 2.09. The van der Waals surface area contributed by atoms with Gasteiger partial charge in [0.15, 0.2) is 5.82 Å². The third-order valence-electron chi connectivity index (χ3n) is 2.17. The van der Waals surface area contributed by atoms with Crippen LogP contribution in [-0.4, -0.2) is 29.7 Å². The van der Waals surface area contributed by atoms with E-state index in [2.05, 4.69) is 21.4 Å². The van der Waals surface area contributed by atoms with Gasteiger partial charge in [0.25, 0.3) is 0 Å². The molecule has 7 heteroatoms. The van der Waals surface area contributed by atoms with Crippen molar-refractivity contribution in [2.45, 2.75) is 4.90 Å². The second kappa shape index (κ2) is 5.11. The lowest BCUT2D eigenvalue weighted by Gasteiger charge is -2.00. The Bertz CT molecular complexity index is 634. The monoisotopic (exact) mass is 264 g/mol. The average molecular weight is 264 g/mol. The van der Waals surface area contributed by atoms with Gasteiger partial charge in [0.2, 0.25) is 10.0 Å². The van der Waals surface area contributed by atoms with Gasteiger partial charge in [-0.3, -0.25) is 0 Å². The van der Waals surface area contributed by atoms with Crippen LogP contribution in [0.4, 0.5) is 0 Å². The topological polar surface area (TPSA) is 76.9 Å². The number of sulfonamides is 1. The van der Waals surface area contributed by atoms with Crippen molar-refractivity contribution in [2.24, 2.45) is 0 Å². The first kappa shape index (κ1) is 12.5. The molecule has 0 fully saturated rings. The fourth-order valence-corrected chi connectivity index (χ4v) is 2.24. The molecular weight excluding hydrogens is 252 g/mol. The van der Waals surface area contributed by atoms with Crippen molar-refractivity contribution in [3.63, 3.8) is 0 Å². The van der Waals surface area contributed by atoms with Crippen molar-refractivity contribution in [3.8, 4) is 5.82 Å². The number of hydrogen-bond donors (Lipinski definition) is 1. The molecule has 0 bridgehead atoms. The molecule has 0 aromatic carbocycles. The van der Waals surface area contributed by atoms with Crippen molar-refractivity contribution >= 4 is 10.0 Å². The van der Waals surface area contributed by atoms with Gasteiger partial charge in [0.1, 0.15) is 4.90 Å². The largest absolute Gasteiger partial charge is 0.243 e. The molecule has 6 nitrogen and oxygen atoms in total.